The van der Waals surface area contributed by atoms with Gasteiger partial charge in [-0.05, 0) is 40.0 Å². The van der Waals surface area contributed by atoms with Gasteiger partial charge < -0.3 is 11.1 Å². The smallest absolute Gasteiger partial charge is 0.225 e. The van der Waals surface area contributed by atoms with Crippen molar-refractivity contribution in [1.29, 1.82) is 0 Å². The van der Waals surface area contributed by atoms with Crippen molar-refractivity contribution in [2.45, 2.75) is 26.3 Å². The first-order valence-corrected chi connectivity index (χ1v) is 6.57. The summed E-state index contributed by atoms with van der Waals surface area (Å²) < 4.78 is 0.802. The summed E-state index contributed by atoms with van der Waals surface area (Å²) in [6.07, 6.45) is 0.311. The van der Waals surface area contributed by atoms with E-state index in [0.717, 1.165) is 4.47 Å². The van der Waals surface area contributed by atoms with Crippen LogP contribution in [0, 0.1) is 5.92 Å². The molecule has 0 fully saturated rings. The summed E-state index contributed by atoms with van der Waals surface area (Å²) in [5, 5.41) is 3.34. The van der Waals surface area contributed by atoms with Crippen LogP contribution in [0.25, 0.3) is 0 Å². The van der Waals surface area contributed by atoms with Gasteiger partial charge in [0.05, 0.1) is 5.02 Å². The van der Waals surface area contributed by atoms with Crippen LogP contribution in [0.4, 0.5) is 5.69 Å². The lowest BCUT2D eigenvalue weighted by molar-refractivity contribution is -0.116. The van der Waals surface area contributed by atoms with Gasteiger partial charge in [0.15, 0.2) is 0 Å². The van der Waals surface area contributed by atoms with E-state index in [2.05, 4.69) is 21.2 Å². The van der Waals surface area contributed by atoms with Crippen LogP contribution >= 0.6 is 27.5 Å². The van der Waals surface area contributed by atoms with E-state index in [9.17, 15) is 4.79 Å². The van der Waals surface area contributed by atoms with Crippen molar-refractivity contribution in [1.82, 2.24) is 0 Å². The molecule has 1 rings (SSSR count). The predicted octanol–water partition coefficient (Wildman–Crippen LogP) is 3.41. The highest BCUT2D eigenvalue weighted by molar-refractivity contribution is 9.10. The fourth-order valence-electron chi connectivity index (χ4n) is 1.24. The molecule has 0 spiro atoms. The maximum Gasteiger partial charge on any atom is 0.225 e. The number of anilines is 1. The van der Waals surface area contributed by atoms with Gasteiger partial charge in [0, 0.05) is 22.6 Å². The van der Waals surface area contributed by atoms with Crippen molar-refractivity contribution in [3.05, 3.63) is 27.7 Å². The van der Waals surface area contributed by atoms with E-state index in [0.29, 0.717) is 17.1 Å². The maximum absolute atomic E-state index is 11.7. The van der Waals surface area contributed by atoms with E-state index in [1.165, 1.54) is 0 Å². The third kappa shape index (κ3) is 4.66. The first-order chi connectivity index (χ1) is 7.90. The molecule has 0 saturated carbocycles. The summed E-state index contributed by atoms with van der Waals surface area (Å²) in [7, 11) is 0. The maximum atomic E-state index is 11.7. The lowest BCUT2D eigenvalue weighted by atomic mass is 10.0. The van der Waals surface area contributed by atoms with Gasteiger partial charge in [-0.3, -0.25) is 4.79 Å². The van der Waals surface area contributed by atoms with Crippen molar-refractivity contribution >= 4 is 39.1 Å². The number of benzene rings is 1. The van der Waals surface area contributed by atoms with Crippen molar-refractivity contribution in [2.24, 2.45) is 11.7 Å². The largest absolute Gasteiger partial charge is 0.327 e. The van der Waals surface area contributed by atoms with Crippen molar-refractivity contribution in [3.8, 4) is 0 Å². The zero-order valence-corrected chi connectivity index (χ0v) is 12.2. The van der Waals surface area contributed by atoms with E-state index >= 15 is 0 Å². The van der Waals surface area contributed by atoms with E-state index in [-0.39, 0.29) is 17.9 Å². The molecular formula is C12H16BrClN2O. The van der Waals surface area contributed by atoms with Crippen LogP contribution in [-0.2, 0) is 4.79 Å². The summed E-state index contributed by atoms with van der Waals surface area (Å²) in [5.41, 5.74) is 6.51. The van der Waals surface area contributed by atoms with Gasteiger partial charge in [-0.2, -0.15) is 0 Å². The molecular weight excluding hydrogens is 304 g/mol. The number of amides is 1. The third-order valence-electron chi connectivity index (χ3n) is 2.48. The van der Waals surface area contributed by atoms with E-state index in [1.54, 1.807) is 18.2 Å². The lowest BCUT2D eigenvalue weighted by Crippen LogP contribution is -2.31. The molecule has 94 valence electrons. The molecule has 5 heteroatoms. The van der Waals surface area contributed by atoms with Crippen LogP contribution in [-0.4, -0.2) is 11.9 Å². The molecule has 0 aliphatic carbocycles. The molecule has 17 heavy (non-hydrogen) atoms. The molecule has 0 heterocycles. The highest BCUT2D eigenvalue weighted by atomic mass is 79.9. The quantitative estimate of drug-likeness (QED) is 0.893. The molecule has 1 atom stereocenters. The molecule has 0 aromatic heterocycles. The molecule has 3 nitrogen and oxygen atoms in total. The Morgan fingerprint density at radius 1 is 1.53 bits per heavy atom. The molecule has 1 aromatic carbocycles. The number of hydrogen-bond acceptors (Lipinski definition) is 2. The fraction of sp³-hybridized carbons (Fsp3) is 0.417. The molecule has 1 unspecified atom stereocenters. The average molecular weight is 320 g/mol. The SMILES string of the molecule is CC(C)C(N)CC(=O)Nc1ccc(Br)c(Cl)c1. The zero-order valence-electron chi connectivity index (χ0n) is 9.84. The zero-order chi connectivity index (χ0) is 13.0. The van der Waals surface area contributed by atoms with Gasteiger partial charge in [-0.15, -0.1) is 0 Å². The van der Waals surface area contributed by atoms with E-state index in [1.807, 2.05) is 13.8 Å². The topological polar surface area (TPSA) is 55.1 Å². The Labute approximate surface area is 115 Å². The molecule has 0 aliphatic heterocycles. The Morgan fingerprint density at radius 2 is 2.18 bits per heavy atom. The minimum absolute atomic E-state index is 0.0930. The van der Waals surface area contributed by atoms with Crippen LogP contribution in [0.1, 0.15) is 20.3 Å². The van der Waals surface area contributed by atoms with Crippen molar-refractivity contribution in [3.63, 3.8) is 0 Å². The summed E-state index contributed by atoms with van der Waals surface area (Å²) >= 11 is 9.22. The highest BCUT2D eigenvalue weighted by Crippen LogP contribution is 2.25. The minimum atomic E-state index is -0.124. The van der Waals surface area contributed by atoms with Crippen LogP contribution in [0.3, 0.4) is 0 Å². The second-order valence-electron chi connectivity index (χ2n) is 4.29. The summed E-state index contributed by atoms with van der Waals surface area (Å²) in [6.45, 7) is 3.99. The van der Waals surface area contributed by atoms with Crippen LogP contribution < -0.4 is 11.1 Å². The molecule has 0 saturated heterocycles. The number of halogens is 2. The number of hydrogen-bond donors (Lipinski definition) is 2. The Kier molecular flexibility index (Phi) is 5.43. The standard InChI is InChI=1S/C12H16BrClN2O/c1-7(2)11(15)6-12(17)16-8-3-4-9(13)10(14)5-8/h3-5,7,11H,6,15H2,1-2H3,(H,16,17). The molecule has 0 radical (unpaired) electrons. The summed E-state index contributed by atoms with van der Waals surface area (Å²) in [4.78, 5) is 11.7. The summed E-state index contributed by atoms with van der Waals surface area (Å²) in [5.74, 6) is 0.193. The van der Waals surface area contributed by atoms with Gasteiger partial charge in [-0.1, -0.05) is 25.4 Å². The van der Waals surface area contributed by atoms with Crippen molar-refractivity contribution in [2.75, 3.05) is 5.32 Å². The molecule has 1 amide bonds. The monoisotopic (exact) mass is 318 g/mol. The Balaban J connectivity index is 2.59. The number of rotatable bonds is 4. The van der Waals surface area contributed by atoms with Gasteiger partial charge >= 0.3 is 0 Å². The minimum Gasteiger partial charge on any atom is -0.327 e. The molecule has 0 bridgehead atoms. The van der Waals surface area contributed by atoms with Gasteiger partial charge in [0.25, 0.3) is 0 Å². The second-order valence-corrected chi connectivity index (χ2v) is 5.55. The van der Waals surface area contributed by atoms with Crippen LogP contribution in [0.15, 0.2) is 22.7 Å². The molecule has 1 aromatic rings. The lowest BCUT2D eigenvalue weighted by Gasteiger charge is -2.15. The Bertz CT molecular complexity index is 409. The number of carbonyl (C=O) groups excluding carboxylic acids is 1. The van der Waals surface area contributed by atoms with Gasteiger partial charge in [-0.25, -0.2) is 0 Å². The van der Waals surface area contributed by atoms with Crippen molar-refractivity contribution < 1.29 is 4.79 Å². The predicted molar refractivity (Wildman–Crippen MR) is 75.2 cm³/mol. The highest BCUT2D eigenvalue weighted by Gasteiger charge is 2.13. The second kappa shape index (κ2) is 6.38. The van der Waals surface area contributed by atoms with Gasteiger partial charge in [0.2, 0.25) is 5.91 Å². The van der Waals surface area contributed by atoms with Gasteiger partial charge in [0.1, 0.15) is 0 Å². The third-order valence-corrected chi connectivity index (χ3v) is 3.71. The number of carbonyl (C=O) groups is 1. The molecule has 3 N–H and O–H groups in total. The number of nitrogens with one attached hydrogen (secondary N) is 1. The Hall–Kier alpha value is -0.580. The Morgan fingerprint density at radius 3 is 2.71 bits per heavy atom. The summed E-state index contributed by atoms with van der Waals surface area (Å²) in [6, 6.07) is 5.15. The van der Waals surface area contributed by atoms with Crippen LogP contribution in [0.2, 0.25) is 5.02 Å². The fourth-order valence-corrected chi connectivity index (χ4v) is 1.66. The number of nitrogens with two attached hydrogens (primary N) is 1. The van der Waals surface area contributed by atoms with E-state index < -0.39 is 0 Å². The van der Waals surface area contributed by atoms with E-state index in [4.69, 9.17) is 17.3 Å². The normalized spacial score (nSPS) is 12.6. The van der Waals surface area contributed by atoms with Crippen LogP contribution in [0.5, 0.6) is 0 Å². The molecule has 0 aliphatic rings. The first-order valence-electron chi connectivity index (χ1n) is 5.40. The average Bonchev–Trinajstić information content (AvgIpc) is 2.23. The first kappa shape index (κ1) is 14.5.